The Hall–Kier alpha value is -2.36. The van der Waals surface area contributed by atoms with Crippen LogP contribution in [0.5, 0.6) is 0 Å². The van der Waals surface area contributed by atoms with Crippen LogP contribution in [0.2, 0.25) is 0 Å². The molecule has 0 aliphatic carbocycles. The summed E-state index contributed by atoms with van der Waals surface area (Å²) in [5, 5.41) is 9.14. The van der Waals surface area contributed by atoms with E-state index in [4.69, 9.17) is 5.11 Å². The minimum atomic E-state index is -0.922. The number of carboxylic acid groups (broad SMARTS) is 1. The fourth-order valence-electron chi connectivity index (χ4n) is 2.58. The molecule has 0 aliphatic heterocycles. The summed E-state index contributed by atoms with van der Waals surface area (Å²) in [5.41, 5.74) is 5.11. The zero-order valence-corrected chi connectivity index (χ0v) is 12.8. The first kappa shape index (κ1) is 15.0. The molecule has 0 spiro atoms. The van der Waals surface area contributed by atoms with E-state index in [-0.39, 0.29) is 0 Å². The SMILES string of the molecule is CCn1c(C)cc(C=Nc2cccc(C(=O)O)c2C)c1C. The van der Waals surface area contributed by atoms with Crippen LogP contribution in [0.1, 0.15) is 39.8 Å². The van der Waals surface area contributed by atoms with Crippen molar-refractivity contribution in [2.24, 2.45) is 4.99 Å². The van der Waals surface area contributed by atoms with Crippen molar-refractivity contribution in [1.29, 1.82) is 0 Å². The van der Waals surface area contributed by atoms with Gasteiger partial charge in [0, 0.05) is 29.7 Å². The highest BCUT2D eigenvalue weighted by atomic mass is 16.4. The van der Waals surface area contributed by atoms with E-state index in [1.54, 1.807) is 19.1 Å². The lowest BCUT2D eigenvalue weighted by Crippen LogP contribution is -2.00. The molecule has 110 valence electrons. The predicted molar refractivity (Wildman–Crippen MR) is 85.0 cm³/mol. The Labute approximate surface area is 124 Å². The Morgan fingerprint density at radius 1 is 1.33 bits per heavy atom. The van der Waals surface area contributed by atoms with E-state index in [2.05, 4.69) is 36.4 Å². The van der Waals surface area contributed by atoms with Gasteiger partial charge in [-0.25, -0.2) is 4.79 Å². The van der Waals surface area contributed by atoms with Crippen LogP contribution in [-0.2, 0) is 6.54 Å². The van der Waals surface area contributed by atoms with Crippen LogP contribution >= 0.6 is 0 Å². The third kappa shape index (κ3) is 2.89. The second-order valence-corrected chi connectivity index (χ2v) is 5.08. The van der Waals surface area contributed by atoms with E-state index in [0.29, 0.717) is 16.8 Å². The molecule has 0 aliphatic rings. The van der Waals surface area contributed by atoms with Crippen LogP contribution in [0.25, 0.3) is 0 Å². The van der Waals surface area contributed by atoms with E-state index in [0.717, 1.165) is 12.1 Å². The van der Waals surface area contributed by atoms with Gasteiger partial charge < -0.3 is 9.67 Å². The predicted octanol–water partition coefficient (Wildman–Crippen LogP) is 3.88. The molecule has 4 nitrogen and oxygen atoms in total. The minimum Gasteiger partial charge on any atom is -0.478 e. The quantitative estimate of drug-likeness (QED) is 0.866. The van der Waals surface area contributed by atoms with Gasteiger partial charge >= 0.3 is 5.97 Å². The molecule has 0 amide bonds. The third-order valence-electron chi connectivity index (χ3n) is 3.81. The van der Waals surface area contributed by atoms with Crippen molar-refractivity contribution in [3.63, 3.8) is 0 Å². The molecular formula is C17H20N2O2. The molecule has 2 rings (SSSR count). The molecule has 2 aromatic rings. The molecule has 1 heterocycles. The summed E-state index contributed by atoms with van der Waals surface area (Å²) in [4.78, 5) is 15.6. The summed E-state index contributed by atoms with van der Waals surface area (Å²) in [7, 11) is 0. The molecule has 21 heavy (non-hydrogen) atoms. The fourth-order valence-corrected chi connectivity index (χ4v) is 2.58. The second kappa shape index (κ2) is 5.95. The van der Waals surface area contributed by atoms with Crippen LogP contribution in [0.3, 0.4) is 0 Å². The molecule has 0 saturated heterocycles. The van der Waals surface area contributed by atoms with Gasteiger partial charge in [-0.1, -0.05) is 6.07 Å². The van der Waals surface area contributed by atoms with Gasteiger partial charge in [0.25, 0.3) is 0 Å². The van der Waals surface area contributed by atoms with E-state index >= 15 is 0 Å². The second-order valence-electron chi connectivity index (χ2n) is 5.08. The van der Waals surface area contributed by atoms with Gasteiger partial charge in [-0.3, -0.25) is 4.99 Å². The molecule has 1 N–H and O–H groups in total. The largest absolute Gasteiger partial charge is 0.478 e. The first-order valence-electron chi connectivity index (χ1n) is 6.99. The molecule has 0 fully saturated rings. The fraction of sp³-hybridized carbons (Fsp3) is 0.294. The molecule has 0 saturated carbocycles. The highest BCUT2D eigenvalue weighted by Crippen LogP contribution is 2.22. The van der Waals surface area contributed by atoms with Crippen LogP contribution in [0.15, 0.2) is 29.3 Å². The van der Waals surface area contributed by atoms with Gasteiger partial charge in [-0.15, -0.1) is 0 Å². The highest BCUT2D eigenvalue weighted by Gasteiger charge is 2.10. The lowest BCUT2D eigenvalue weighted by atomic mass is 10.1. The van der Waals surface area contributed by atoms with Crippen LogP contribution in [0.4, 0.5) is 5.69 Å². The lowest BCUT2D eigenvalue weighted by molar-refractivity contribution is 0.0696. The Balaban J connectivity index is 2.39. The highest BCUT2D eigenvalue weighted by molar-refractivity contribution is 5.92. The normalized spacial score (nSPS) is 11.2. The van der Waals surface area contributed by atoms with Gasteiger partial charge in [-0.2, -0.15) is 0 Å². The number of carboxylic acids is 1. The van der Waals surface area contributed by atoms with Crippen molar-refractivity contribution in [1.82, 2.24) is 4.57 Å². The van der Waals surface area contributed by atoms with Crippen molar-refractivity contribution < 1.29 is 9.90 Å². The van der Waals surface area contributed by atoms with Crippen molar-refractivity contribution in [2.45, 2.75) is 34.2 Å². The molecule has 0 atom stereocenters. The number of nitrogens with zero attached hydrogens (tertiary/aromatic N) is 2. The average Bonchev–Trinajstić information content (AvgIpc) is 2.71. The van der Waals surface area contributed by atoms with Crippen molar-refractivity contribution in [3.05, 3.63) is 52.3 Å². The number of benzene rings is 1. The van der Waals surface area contributed by atoms with Gasteiger partial charge in [0.1, 0.15) is 0 Å². The number of hydrogen-bond donors (Lipinski definition) is 1. The number of aromatic carboxylic acids is 1. The Morgan fingerprint density at radius 2 is 2.05 bits per heavy atom. The monoisotopic (exact) mass is 284 g/mol. The average molecular weight is 284 g/mol. The van der Waals surface area contributed by atoms with E-state index in [1.807, 2.05) is 12.3 Å². The molecule has 1 aromatic carbocycles. The first-order chi connectivity index (χ1) is 9.95. The number of hydrogen-bond acceptors (Lipinski definition) is 2. The number of aryl methyl sites for hydroxylation is 1. The standard InChI is InChI=1S/C17H20N2O2/c1-5-19-11(2)9-14(13(19)4)10-18-16-8-6-7-15(12(16)3)17(20)21/h6-10H,5H2,1-4H3,(H,20,21). The van der Waals surface area contributed by atoms with Gasteiger partial charge in [0.15, 0.2) is 0 Å². The van der Waals surface area contributed by atoms with Crippen LogP contribution in [0, 0.1) is 20.8 Å². The molecule has 0 unspecified atom stereocenters. The summed E-state index contributed by atoms with van der Waals surface area (Å²) in [6.45, 7) is 8.97. The molecule has 1 aromatic heterocycles. The van der Waals surface area contributed by atoms with E-state index < -0.39 is 5.97 Å². The van der Waals surface area contributed by atoms with E-state index in [9.17, 15) is 4.79 Å². The topological polar surface area (TPSA) is 54.6 Å². The maximum atomic E-state index is 11.1. The maximum absolute atomic E-state index is 11.1. The Kier molecular flexibility index (Phi) is 4.26. The maximum Gasteiger partial charge on any atom is 0.336 e. The summed E-state index contributed by atoms with van der Waals surface area (Å²) in [5.74, 6) is -0.922. The van der Waals surface area contributed by atoms with Crippen molar-refractivity contribution in [2.75, 3.05) is 0 Å². The zero-order chi connectivity index (χ0) is 15.6. The van der Waals surface area contributed by atoms with Crippen LogP contribution in [-0.4, -0.2) is 21.9 Å². The van der Waals surface area contributed by atoms with Gasteiger partial charge in [0.05, 0.1) is 11.3 Å². The number of rotatable bonds is 4. The van der Waals surface area contributed by atoms with E-state index in [1.165, 1.54) is 11.4 Å². The first-order valence-corrected chi connectivity index (χ1v) is 6.99. The van der Waals surface area contributed by atoms with Crippen molar-refractivity contribution in [3.8, 4) is 0 Å². The smallest absolute Gasteiger partial charge is 0.336 e. The minimum absolute atomic E-state index is 0.295. The van der Waals surface area contributed by atoms with Gasteiger partial charge in [0.2, 0.25) is 0 Å². The summed E-state index contributed by atoms with van der Waals surface area (Å²) in [6, 6.07) is 7.24. The number of carbonyl (C=O) groups is 1. The van der Waals surface area contributed by atoms with Crippen molar-refractivity contribution >= 4 is 17.9 Å². The third-order valence-corrected chi connectivity index (χ3v) is 3.81. The number of aromatic nitrogens is 1. The molecule has 0 bridgehead atoms. The molecular weight excluding hydrogens is 264 g/mol. The molecule has 4 heteroatoms. The number of aliphatic imine (C=N–C) groups is 1. The van der Waals surface area contributed by atoms with Crippen LogP contribution < -0.4 is 0 Å². The lowest BCUT2D eigenvalue weighted by Gasteiger charge is -2.05. The zero-order valence-electron chi connectivity index (χ0n) is 12.8. The molecule has 0 radical (unpaired) electrons. The Bertz CT molecular complexity index is 712. The summed E-state index contributed by atoms with van der Waals surface area (Å²) < 4.78 is 2.22. The summed E-state index contributed by atoms with van der Waals surface area (Å²) in [6.07, 6.45) is 1.81. The summed E-state index contributed by atoms with van der Waals surface area (Å²) >= 11 is 0. The van der Waals surface area contributed by atoms with Gasteiger partial charge in [-0.05, 0) is 51.5 Å². The Morgan fingerprint density at radius 3 is 2.62 bits per heavy atom.